The van der Waals surface area contributed by atoms with Crippen LogP contribution in [0.25, 0.3) is 0 Å². The molecule has 33 heavy (non-hydrogen) atoms. The number of piperidine rings is 1. The van der Waals surface area contributed by atoms with Crippen molar-refractivity contribution in [1.29, 1.82) is 0 Å². The van der Waals surface area contributed by atoms with E-state index in [1.165, 1.54) is 31.0 Å². The van der Waals surface area contributed by atoms with Gasteiger partial charge in [-0.25, -0.2) is 14.8 Å². The van der Waals surface area contributed by atoms with Crippen molar-refractivity contribution in [3.05, 3.63) is 30.3 Å². The summed E-state index contributed by atoms with van der Waals surface area (Å²) in [6.07, 6.45) is 5.53. The molecule has 0 aliphatic carbocycles. The third-order valence-corrected chi connectivity index (χ3v) is 5.48. The predicted molar refractivity (Wildman–Crippen MR) is 128 cm³/mol. The van der Waals surface area contributed by atoms with Crippen LogP contribution in [-0.4, -0.2) is 65.8 Å². The number of carbonyl (C=O) groups is 2. The summed E-state index contributed by atoms with van der Waals surface area (Å²) in [6.45, 7) is 5.40. The van der Waals surface area contributed by atoms with Crippen molar-refractivity contribution >= 4 is 46.6 Å². The molecule has 176 valence electrons. The Morgan fingerprint density at radius 1 is 1.09 bits per heavy atom. The summed E-state index contributed by atoms with van der Waals surface area (Å²) in [5.74, 6) is -1.40. The molecule has 0 atom stereocenters. The molecule has 1 aromatic carbocycles. The fourth-order valence-electron chi connectivity index (χ4n) is 3.30. The van der Waals surface area contributed by atoms with Crippen LogP contribution in [-0.2, 0) is 14.3 Å². The van der Waals surface area contributed by atoms with Gasteiger partial charge in [0, 0.05) is 13.1 Å². The van der Waals surface area contributed by atoms with Crippen LogP contribution in [0.3, 0.4) is 0 Å². The molecule has 3 rings (SSSR count). The number of benzene rings is 1. The zero-order valence-electron chi connectivity index (χ0n) is 18.9. The number of likely N-dealkylation sites (tertiary alicyclic amines) is 1. The van der Waals surface area contributed by atoms with Crippen LogP contribution in [0.15, 0.2) is 45.7 Å². The number of thioether (sulfide) groups is 1. The van der Waals surface area contributed by atoms with Crippen LogP contribution >= 0.6 is 11.8 Å². The van der Waals surface area contributed by atoms with Gasteiger partial charge in [-0.05, 0) is 51.2 Å². The number of ether oxygens (including phenoxy) is 1. The van der Waals surface area contributed by atoms with E-state index in [1.54, 1.807) is 19.1 Å². The molecule has 0 radical (unpaired) electrons. The van der Waals surface area contributed by atoms with Gasteiger partial charge in [-0.2, -0.15) is 5.11 Å². The van der Waals surface area contributed by atoms with Gasteiger partial charge < -0.3 is 15.0 Å². The van der Waals surface area contributed by atoms with Gasteiger partial charge in [0.2, 0.25) is 0 Å². The number of anilines is 2. The predicted octanol–water partition coefficient (Wildman–Crippen LogP) is 4.01. The van der Waals surface area contributed by atoms with Gasteiger partial charge in [0.05, 0.1) is 12.3 Å². The molecule has 2 aromatic rings. The number of nitrogens with one attached hydrogen (secondary N) is 2. The van der Waals surface area contributed by atoms with Crippen molar-refractivity contribution in [2.45, 2.75) is 31.3 Å². The second-order valence-electron chi connectivity index (χ2n) is 7.30. The topological polar surface area (TPSA) is 121 Å². The van der Waals surface area contributed by atoms with E-state index in [9.17, 15) is 9.59 Å². The molecule has 1 aliphatic rings. The molecule has 1 aromatic heterocycles. The number of nitrogens with zero attached hydrogens (tertiary/aromatic N) is 5. The summed E-state index contributed by atoms with van der Waals surface area (Å²) in [4.78, 5) is 35.5. The molecule has 0 spiro atoms. The molecule has 1 saturated heterocycles. The second kappa shape index (κ2) is 12.9. The highest BCUT2D eigenvalue weighted by Crippen LogP contribution is 2.34. The highest BCUT2D eigenvalue weighted by atomic mass is 32.2. The lowest BCUT2D eigenvalue weighted by atomic mass is 10.1. The van der Waals surface area contributed by atoms with E-state index in [1.807, 2.05) is 24.5 Å². The summed E-state index contributed by atoms with van der Waals surface area (Å²) in [5, 5.41) is 14.8. The second-order valence-corrected chi connectivity index (χ2v) is 8.07. The molecule has 11 heteroatoms. The lowest BCUT2D eigenvalue weighted by molar-refractivity contribution is -0.152. The van der Waals surface area contributed by atoms with Crippen LogP contribution in [0.4, 0.5) is 23.0 Å². The number of amides is 1. The standard InChI is InChI=1S/C22H29N7O3S/c1-3-32-21(31)20(30)24-19-17(28-27-16-10-6-4-7-11-16)18(25-22(26-19)33-2)23-12-15-29-13-8-5-9-14-29/h4,6-7,10-11H,3,5,8-9,12-15H2,1-2H3,(H2,23,24,25,26,30). The fraction of sp³-hybridized carbons (Fsp3) is 0.455. The van der Waals surface area contributed by atoms with E-state index in [-0.39, 0.29) is 18.1 Å². The van der Waals surface area contributed by atoms with Gasteiger partial charge in [-0.1, -0.05) is 36.4 Å². The zero-order valence-corrected chi connectivity index (χ0v) is 19.7. The lowest BCUT2D eigenvalue weighted by Gasteiger charge is -2.26. The molecule has 10 nitrogen and oxygen atoms in total. The number of carbonyl (C=O) groups excluding carboxylic acids is 2. The minimum absolute atomic E-state index is 0.0903. The molecule has 0 bridgehead atoms. The Balaban J connectivity index is 1.87. The van der Waals surface area contributed by atoms with Crippen molar-refractivity contribution in [1.82, 2.24) is 14.9 Å². The summed E-state index contributed by atoms with van der Waals surface area (Å²) in [5.41, 5.74) is 0.876. The number of hydrogen-bond acceptors (Lipinski definition) is 10. The van der Waals surface area contributed by atoms with E-state index in [0.29, 0.717) is 23.2 Å². The minimum atomic E-state index is -0.993. The Bertz CT molecular complexity index is 966. The van der Waals surface area contributed by atoms with E-state index in [0.717, 1.165) is 19.6 Å². The summed E-state index contributed by atoms with van der Waals surface area (Å²) in [7, 11) is 0. The number of azo groups is 1. The zero-order chi connectivity index (χ0) is 23.5. The Labute approximate surface area is 197 Å². The molecule has 2 heterocycles. The van der Waals surface area contributed by atoms with Crippen molar-refractivity contribution < 1.29 is 14.3 Å². The number of aromatic nitrogens is 2. The Morgan fingerprint density at radius 2 is 1.82 bits per heavy atom. The van der Waals surface area contributed by atoms with Gasteiger partial charge in [-0.15, -0.1) is 5.11 Å². The molecule has 0 unspecified atom stereocenters. The van der Waals surface area contributed by atoms with E-state index >= 15 is 0 Å². The maximum atomic E-state index is 12.3. The number of hydrogen-bond donors (Lipinski definition) is 2. The Morgan fingerprint density at radius 3 is 2.52 bits per heavy atom. The third-order valence-electron chi connectivity index (χ3n) is 4.93. The largest absolute Gasteiger partial charge is 0.459 e. The summed E-state index contributed by atoms with van der Waals surface area (Å²) in [6, 6.07) is 9.20. The maximum Gasteiger partial charge on any atom is 0.397 e. The average Bonchev–Trinajstić information content (AvgIpc) is 2.84. The third kappa shape index (κ3) is 7.50. The van der Waals surface area contributed by atoms with Crippen LogP contribution in [0.5, 0.6) is 0 Å². The monoisotopic (exact) mass is 471 g/mol. The molecular formula is C22H29N7O3S. The quantitative estimate of drug-likeness (QED) is 0.185. The first-order valence-corrected chi connectivity index (χ1v) is 12.2. The summed E-state index contributed by atoms with van der Waals surface area (Å²) >= 11 is 1.32. The molecular weight excluding hydrogens is 442 g/mol. The van der Waals surface area contributed by atoms with Gasteiger partial charge in [0.25, 0.3) is 0 Å². The Kier molecular flexibility index (Phi) is 9.58. The summed E-state index contributed by atoms with van der Waals surface area (Å²) < 4.78 is 4.79. The van der Waals surface area contributed by atoms with E-state index < -0.39 is 11.9 Å². The number of rotatable bonds is 9. The van der Waals surface area contributed by atoms with Crippen molar-refractivity contribution in [3.63, 3.8) is 0 Å². The maximum absolute atomic E-state index is 12.3. The van der Waals surface area contributed by atoms with Crippen molar-refractivity contribution in [3.8, 4) is 0 Å². The van der Waals surface area contributed by atoms with E-state index in [4.69, 9.17) is 4.74 Å². The number of esters is 1. The first kappa shape index (κ1) is 24.6. The molecule has 2 N–H and O–H groups in total. The first-order valence-electron chi connectivity index (χ1n) is 11.0. The minimum Gasteiger partial charge on any atom is -0.459 e. The highest BCUT2D eigenvalue weighted by molar-refractivity contribution is 7.98. The molecule has 1 aliphatic heterocycles. The van der Waals surface area contributed by atoms with Crippen LogP contribution in [0.1, 0.15) is 26.2 Å². The van der Waals surface area contributed by atoms with Crippen LogP contribution in [0, 0.1) is 0 Å². The molecule has 1 amide bonds. The molecule has 1 fully saturated rings. The smallest absolute Gasteiger partial charge is 0.397 e. The normalized spacial score (nSPS) is 14.2. The van der Waals surface area contributed by atoms with Crippen molar-refractivity contribution in [2.24, 2.45) is 10.2 Å². The van der Waals surface area contributed by atoms with Crippen molar-refractivity contribution in [2.75, 3.05) is 49.7 Å². The van der Waals surface area contributed by atoms with Crippen LogP contribution in [0.2, 0.25) is 0 Å². The average molecular weight is 472 g/mol. The van der Waals surface area contributed by atoms with Gasteiger partial charge in [0.1, 0.15) is 0 Å². The first-order chi connectivity index (χ1) is 16.1. The fourth-order valence-corrected chi connectivity index (χ4v) is 3.67. The van der Waals surface area contributed by atoms with Gasteiger partial charge >= 0.3 is 11.9 Å². The SMILES string of the molecule is CCOC(=O)C(=O)Nc1nc(SC)nc(NCCN2CCCCC2)c1N=Nc1ccccc1. The lowest BCUT2D eigenvalue weighted by Crippen LogP contribution is -2.33. The Hall–Kier alpha value is -3.05. The van der Waals surface area contributed by atoms with E-state index in [2.05, 4.69) is 35.7 Å². The van der Waals surface area contributed by atoms with Gasteiger partial charge in [0.15, 0.2) is 22.5 Å². The molecule has 0 saturated carbocycles. The highest BCUT2D eigenvalue weighted by Gasteiger charge is 2.21. The van der Waals surface area contributed by atoms with Crippen LogP contribution < -0.4 is 10.6 Å². The van der Waals surface area contributed by atoms with Gasteiger partial charge in [-0.3, -0.25) is 10.1 Å².